The van der Waals surface area contributed by atoms with Crippen LogP contribution >= 0.6 is 24.4 Å². The highest BCUT2D eigenvalue weighted by Gasteiger charge is 2.15. The lowest BCUT2D eigenvalue weighted by Crippen LogP contribution is -2.26. The van der Waals surface area contributed by atoms with Gasteiger partial charge >= 0.3 is 0 Å². The number of amides is 1. The summed E-state index contributed by atoms with van der Waals surface area (Å²) in [4.78, 5) is 12.8. The van der Waals surface area contributed by atoms with E-state index in [-0.39, 0.29) is 5.91 Å². The van der Waals surface area contributed by atoms with Gasteiger partial charge < -0.3 is 4.90 Å². The van der Waals surface area contributed by atoms with E-state index >= 15 is 0 Å². The Morgan fingerprint density at radius 1 is 1.43 bits per heavy atom. The molecule has 0 bridgehead atoms. The Hall–Kier alpha value is -0.0900. The summed E-state index contributed by atoms with van der Waals surface area (Å²) < 4.78 is 0. The van der Waals surface area contributed by atoms with Gasteiger partial charge in [-0.3, -0.25) is 4.79 Å². The maximum Gasteiger partial charge on any atom is 0.227 e. The summed E-state index contributed by atoms with van der Waals surface area (Å²) in [7, 11) is 1.82. The fourth-order valence-corrected chi connectivity index (χ4v) is 1.63. The molecule has 0 spiro atoms. The van der Waals surface area contributed by atoms with Gasteiger partial charge in [0.15, 0.2) is 0 Å². The second kappa shape index (κ2) is 11.0. The molecule has 0 atom stereocenters. The van der Waals surface area contributed by atoms with Gasteiger partial charge in [-0.15, -0.1) is 11.8 Å². The van der Waals surface area contributed by atoms with Gasteiger partial charge in [-0.25, -0.2) is 0 Å². The molecular weight excluding hydrogens is 214 g/mol. The van der Waals surface area contributed by atoms with E-state index in [2.05, 4.69) is 18.7 Å². The Kier molecular flexibility index (Phi) is 12.8. The number of carbonyl (C=O) groups excluding carboxylic acids is 1. The minimum absolute atomic E-state index is 0.229. The highest BCUT2D eigenvalue weighted by molar-refractivity contribution is 8.02. The van der Waals surface area contributed by atoms with Crippen molar-refractivity contribution < 1.29 is 4.79 Å². The van der Waals surface area contributed by atoms with Crippen LogP contribution in [-0.2, 0) is 4.79 Å². The summed E-state index contributed by atoms with van der Waals surface area (Å²) in [5.74, 6) is 0.229. The lowest BCUT2D eigenvalue weighted by Gasteiger charge is -2.22. The van der Waals surface area contributed by atoms with Crippen LogP contribution in [0, 0.1) is 0 Å². The van der Waals surface area contributed by atoms with E-state index in [4.69, 9.17) is 0 Å². The third kappa shape index (κ3) is 5.60. The molecule has 0 radical (unpaired) electrons. The average molecular weight is 235 g/mol. The quantitative estimate of drug-likeness (QED) is 0.705. The Labute approximate surface area is 97.5 Å². The highest BCUT2D eigenvalue weighted by atomic mass is 32.2. The van der Waals surface area contributed by atoms with Crippen LogP contribution in [0.4, 0.5) is 0 Å². The normalized spacial score (nSPS) is 14.6. The summed E-state index contributed by atoms with van der Waals surface area (Å²) in [6.07, 6.45) is 7.35. The molecule has 0 aliphatic carbocycles. The molecule has 1 aliphatic rings. The first-order valence-corrected chi connectivity index (χ1v) is 6.83. The van der Waals surface area contributed by atoms with Gasteiger partial charge in [0.25, 0.3) is 0 Å². The lowest BCUT2D eigenvalue weighted by molar-refractivity contribution is -0.128. The summed E-state index contributed by atoms with van der Waals surface area (Å²) >= 11 is 5.15. The van der Waals surface area contributed by atoms with Crippen molar-refractivity contribution in [3.05, 3.63) is 11.1 Å². The molecule has 84 valence electrons. The molecule has 0 N–H and O–H groups in total. The van der Waals surface area contributed by atoms with Crippen molar-refractivity contribution in [2.24, 2.45) is 0 Å². The molecule has 1 aliphatic heterocycles. The predicted octanol–water partition coefficient (Wildman–Crippen LogP) is 3.02. The largest absolute Gasteiger partial charge is 0.310 e. The Bertz CT molecular complexity index is 181. The molecule has 0 saturated carbocycles. The molecule has 0 fully saturated rings. The van der Waals surface area contributed by atoms with Crippen molar-refractivity contribution in [2.45, 2.75) is 26.7 Å². The molecule has 0 aromatic carbocycles. The van der Waals surface area contributed by atoms with E-state index in [0.717, 1.165) is 11.4 Å². The molecule has 1 rings (SSSR count). The standard InChI is InChI=1S/C7H11NOS.C2H6.CH4S/c1-8-6(9)4-3-5-7(8)10-2;2*1-2/h5H,3-4H2,1-2H3;1-2H3;2H,1H3. The topological polar surface area (TPSA) is 20.3 Å². The van der Waals surface area contributed by atoms with Crippen molar-refractivity contribution in [1.82, 2.24) is 4.90 Å². The summed E-state index contributed by atoms with van der Waals surface area (Å²) in [6, 6.07) is 0. The van der Waals surface area contributed by atoms with Crippen molar-refractivity contribution in [3.63, 3.8) is 0 Å². The van der Waals surface area contributed by atoms with Gasteiger partial charge in [0, 0.05) is 13.5 Å². The summed E-state index contributed by atoms with van der Waals surface area (Å²) in [6.45, 7) is 4.00. The number of hydrogen-bond donors (Lipinski definition) is 1. The maximum absolute atomic E-state index is 11.0. The molecule has 0 aromatic heterocycles. The SMILES string of the molecule is CC.CS.CSC1=CCCC(=O)N1C. The van der Waals surface area contributed by atoms with E-state index in [9.17, 15) is 4.79 Å². The second-order valence-corrected chi connectivity index (χ2v) is 3.06. The average Bonchev–Trinajstić information content (AvgIpc) is 2.28. The Balaban J connectivity index is 0. The number of allylic oxidation sites excluding steroid dienone is 1. The molecule has 4 heteroatoms. The van der Waals surface area contributed by atoms with Crippen LogP contribution in [0.1, 0.15) is 26.7 Å². The third-order valence-corrected chi connectivity index (χ3v) is 2.45. The molecule has 2 nitrogen and oxygen atoms in total. The second-order valence-electron chi connectivity index (χ2n) is 2.24. The van der Waals surface area contributed by atoms with E-state index in [1.807, 2.05) is 27.2 Å². The van der Waals surface area contributed by atoms with Gasteiger partial charge in [-0.1, -0.05) is 19.9 Å². The van der Waals surface area contributed by atoms with E-state index in [0.29, 0.717) is 6.42 Å². The van der Waals surface area contributed by atoms with Crippen molar-refractivity contribution in [1.29, 1.82) is 0 Å². The maximum atomic E-state index is 11.0. The van der Waals surface area contributed by atoms with Crippen LogP contribution in [0.2, 0.25) is 0 Å². The Morgan fingerprint density at radius 3 is 2.29 bits per heavy atom. The highest BCUT2D eigenvalue weighted by Crippen LogP contribution is 2.21. The van der Waals surface area contributed by atoms with Crippen LogP contribution in [0.25, 0.3) is 0 Å². The number of hydrogen-bond acceptors (Lipinski definition) is 3. The molecule has 1 heterocycles. The van der Waals surface area contributed by atoms with Crippen LogP contribution in [0.15, 0.2) is 11.1 Å². The molecule has 0 unspecified atom stereocenters. The third-order valence-electron chi connectivity index (χ3n) is 1.59. The van der Waals surface area contributed by atoms with E-state index < -0.39 is 0 Å². The first-order valence-electron chi connectivity index (χ1n) is 4.71. The minimum Gasteiger partial charge on any atom is -0.310 e. The fraction of sp³-hybridized carbons (Fsp3) is 0.700. The number of thiol groups is 1. The van der Waals surface area contributed by atoms with Gasteiger partial charge in [0.1, 0.15) is 0 Å². The molecule has 0 saturated heterocycles. The van der Waals surface area contributed by atoms with Gasteiger partial charge in [-0.05, 0) is 18.9 Å². The number of thioether (sulfide) groups is 1. The fourth-order valence-electron chi connectivity index (χ4n) is 0.967. The van der Waals surface area contributed by atoms with Gasteiger partial charge in [-0.2, -0.15) is 12.6 Å². The van der Waals surface area contributed by atoms with Crippen molar-refractivity contribution >= 4 is 30.3 Å². The van der Waals surface area contributed by atoms with Gasteiger partial charge in [0.2, 0.25) is 5.91 Å². The van der Waals surface area contributed by atoms with Gasteiger partial charge in [0.05, 0.1) is 5.03 Å². The van der Waals surface area contributed by atoms with Crippen LogP contribution in [-0.4, -0.2) is 30.4 Å². The van der Waals surface area contributed by atoms with E-state index in [1.54, 1.807) is 22.9 Å². The smallest absolute Gasteiger partial charge is 0.227 e. The predicted molar refractivity (Wildman–Crippen MR) is 69.9 cm³/mol. The van der Waals surface area contributed by atoms with Crippen LogP contribution in [0.5, 0.6) is 0 Å². The van der Waals surface area contributed by atoms with Crippen LogP contribution < -0.4 is 0 Å². The zero-order valence-electron chi connectivity index (χ0n) is 9.70. The number of nitrogens with zero attached hydrogens (tertiary/aromatic N) is 1. The molecular formula is C10H21NOS2. The van der Waals surface area contributed by atoms with Crippen LogP contribution in [0.3, 0.4) is 0 Å². The molecule has 1 amide bonds. The molecule has 0 aromatic rings. The summed E-state index contributed by atoms with van der Waals surface area (Å²) in [5, 5.41) is 1.08. The number of rotatable bonds is 1. The number of carbonyl (C=O) groups is 1. The Morgan fingerprint density at radius 2 is 1.93 bits per heavy atom. The lowest BCUT2D eigenvalue weighted by atomic mass is 10.2. The monoisotopic (exact) mass is 235 g/mol. The molecule has 14 heavy (non-hydrogen) atoms. The first-order chi connectivity index (χ1) is 6.75. The summed E-state index contributed by atoms with van der Waals surface area (Å²) in [5.41, 5.74) is 0. The van der Waals surface area contributed by atoms with Crippen molar-refractivity contribution in [3.8, 4) is 0 Å². The van der Waals surface area contributed by atoms with Crippen molar-refractivity contribution in [2.75, 3.05) is 19.6 Å². The first kappa shape index (κ1) is 16.3. The van der Waals surface area contributed by atoms with E-state index in [1.165, 1.54) is 0 Å². The minimum atomic E-state index is 0.229. The zero-order valence-corrected chi connectivity index (χ0v) is 11.4. The zero-order chi connectivity index (χ0) is 11.6.